The summed E-state index contributed by atoms with van der Waals surface area (Å²) in [7, 11) is 0. The fraction of sp³-hybridized carbons (Fsp3) is 0.200. The number of para-hydroxylation sites is 1. The second kappa shape index (κ2) is 9.83. The number of carbonyl (C=O) groups is 1. The average molecular weight is 466 g/mol. The Labute approximate surface area is 196 Å². The van der Waals surface area contributed by atoms with E-state index in [-0.39, 0.29) is 25.0 Å². The Morgan fingerprint density at radius 2 is 1.94 bits per heavy atom. The molecule has 0 atom stereocenters. The van der Waals surface area contributed by atoms with E-state index in [0.717, 1.165) is 16.9 Å². The Bertz CT molecular complexity index is 1260. The van der Waals surface area contributed by atoms with Crippen LogP contribution in [0.15, 0.2) is 65.3 Å². The molecule has 4 rings (SSSR count). The summed E-state index contributed by atoms with van der Waals surface area (Å²) in [5, 5.41) is 7.52. The molecule has 2 aromatic heterocycles. The summed E-state index contributed by atoms with van der Waals surface area (Å²) in [4.78, 5) is 12.5. The standard InChI is InChI=1S/C25H24ClN3O4/c1-16-7-9-22(18(3)11-16)32-15-29-13-19(12-27-29)28-25(30)23-10-8-20(33-23)14-31-24-17(2)5-4-6-21(24)26/h4-13H,14-15H2,1-3H3,(H,28,30). The van der Waals surface area contributed by atoms with Gasteiger partial charge in [-0.05, 0) is 56.2 Å². The molecule has 0 fully saturated rings. The third kappa shape index (κ3) is 5.56. The van der Waals surface area contributed by atoms with Gasteiger partial charge in [-0.1, -0.05) is 41.4 Å². The van der Waals surface area contributed by atoms with Gasteiger partial charge in [-0.2, -0.15) is 5.10 Å². The largest absolute Gasteiger partial charge is 0.484 e. The van der Waals surface area contributed by atoms with Crippen molar-refractivity contribution in [3.8, 4) is 11.5 Å². The first-order valence-electron chi connectivity index (χ1n) is 10.4. The molecule has 0 radical (unpaired) electrons. The molecule has 0 bridgehead atoms. The van der Waals surface area contributed by atoms with Crippen LogP contribution in [0.4, 0.5) is 5.69 Å². The molecule has 0 saturated carbocycles. The smallest absolute Gasteiger partial charge is 0.291 e. The lowest BCUT2D eigenvalue weighted by molar-refractivity contribution is 0.0992. The Morgan fingerprint density at radius 1 is 1.09 bits per heavy atom. The second-order valence-electron chi connectivity index (χ2n) is 7.71. The van der Waals surface area contributed by atoms with Crippen LogP contribution in [0.25, 0.3) is 0 Å². The lowest BCUT2D eigenvalue weighted by atomic mass is 10.1. The van der Waals surface area contributed by atoms with Gasteiger partial charge in [0.2, 0.25) is 0 Å². The van der Waals surface area contributed by atoms with Crippen molar-refractivity contribution in [3.05, 3.63) is 94.2 Å². The fourth-order valence-corrected chi connectivity index (χ4v) is 3.58. The van der Waals surface area contributed by atoms with Crippen molar-refractivity contribution in [2.45, 2.75) is 34.1 Å². The van der Waals surface area contributed by atoms with Crippen molar-refractivity contribution in [2.75, 3.05) is 5.32 Å². The van der Waals surface area contributed by atoms with Crippen molar-refractivity contribution >= 4 is 23.2 Å². The van der Waals surface area contributed by atoms with Gasteiger partial charge in [-0.15, -0.1) is 0 Å². The van der Waals surface area contributed by atoms with E-state index in [1.54, 1.807) is 35.3 Å². The van der Waals surface area contributed by atoms with Gasteiger partial charge < -0.3 is 19.2 Å². The van der Waals surface area contributed by atoms with E-state index in [9.17, 15) is 4.79 Å². The number of ether oxygens (including phenoxy) is 2. The Kier molecular flexibility index (Phi) is 6.70. The molecule has 0 aliphatic heterocycles. The summed E-state index contributed by atoms with van der Waals surface area (Å²) in [6, 6.07) is 14.8. The van der Waals surface area contributed by atoms with Gasteiger partial charge in [-0.25, -0.2) is 4.68 Å². The van der Waals surface area contributed by atoms with Crippen LogP contribution in [-0.4, -0.2) is 15.7 Å². The zero-order valence-corrected chi connectivity index (χ0v) is 19.3. The van der Waals surface area contributed by atoms with Crippen molar-refractivity contribution in [1.29, 1.82) is 0 Å². The van der Waals surface area contributed by atoms with E-state index in [0.29, 0.717) is 22.2 Å². The molecule has 1 amide bonds. The van der Waals surface area contributed by atoms with Crippen LogP contribution in [0.3, 0.4) is 0 Å². The first kappa shape index (κ1) is 22.5. The SMILES string of the molecule is Cc1ccc(OCn2cc(NC(=O)c3ccc(COc4c(C)cccc4Cl)o3)cn2)c(C)c1. The molecular weight excluding hydrogens is 442 g/mol. The molecule has 0 aliphatic carbocycles. The van der Waals surface area contributed by atoms with Crippen molar-refractivity contribution in [1.82, 2.24) is 9.78 Å². The predicted octanol–water partition coefficient (Wildman–Crippen LogP) is 5.92. The molecular formula is C25H24ClN3O4. The van der Waals surface area contributed by atoms with Crippen molar-refractivity contribution in [3.63, 3.8) is 0 Å². The summed E-state index contributed by atoms with van der Waals surface area (Å²) in [6.45, 7) is 6.33. The van der Waals surface area contributed by atoms with E-state index in [2.05, 4.69) is 16.5 Å². The van der Waals surface area contributed by atoms with E-state index in [4.69, 9.17) is 25.5 Å². The third-order valence-electron chi connectivity index (χ3n) is 4.98. The number of benzene rings is 2. The lowest BCUT2D eigenvalue weighted by Crippen LogP contribution is -2.10. The highest BCUT2D eigenvalue weighted by atomic mass is 35.5. The topological polar surface area (TPSA) is 78.5 Å². The van der Waals surface area contributed by atoms with Crippen LogP contribution in [0.2, 0.25) is 5.02 Å². The van der Waals surface area contributed by atoms with Crippen LogP contribution in [-0.2, 0) is 13.3 Å². The zero-order valence-electron chi connectivity index (χ0n) is 18.6. The zero-order chi connectivity index (χ0) is 23.4. The highest BCUT2D eigenvalue weighted by Crippen LogP contribution is 2.29. The van der Waals surface area contributed by atoms with Crippen molar-refractivity contribution in [2.24, 2.45) is 0 Å². The van der Waals surface area contributed by atoms with Gasteiger partial charge in [0.1, 0.15) is 23.9 Å². The molecule has 8 heteroatoms. The summed E-state index contributed by atoms with van der Waals surface area (Å²) < 4.78 is 18.8. The minimum atomic E-state index is -0.384. The van der Waals surface area contributed by atoms with E-state index >= 15 is 0 Å². The summed E-state index contributed by atoms with van der Waals surface area (Å²) in [5.41, 5.74) is 3.68. The number of anilines is 1. The Hall–Kier alpha value is -3.71. The van der Waals surface area contributed by atoms with Crippen molar-refractivity contribution < 1.29 is 18.7 Å². The maximum Gasteiger partial charge on any atom is 0.291 e. The van der Waals surface area contributed by atoms with Crippen LogP contribution in [0.1, 0.15) is 33.0 Å². The molecule has 7 nitrogen and oxygen atoms in total. The van der Waals surface area contributed by atoms with Gasteiger partial charge in [0, 0.05) is 0 Å². The monoisotopic (exact) mass is 465 g/mol. The molecule has 2 heterocycles. The molecule has 170 valence electrons. The summed E-state index contributed by atoms with van der Waals surface area (Å²) in [6.07, 6.45) is 3.24. The molecule has 0 saturated heterocycles. The first-order chi connectivity index (χ1) is 15.9. The number of amides is 1. The molecule has 2 aromatic carbocycles. The van der Waals surface area contributed by atoms with E-state index in [1.807, 2.05) is 45.0 Å². The van der Waals surface area contributed by atoms with Gasteiger partial charge in [0.15, 0.2) is 12.5 Å². The van der Waals surface area contributed by atoms with Gasteiger partial charge in [0.05, 0.1) is 23.1 Å². The number of nitrogens with zero attached hydrogens (tertiary/aromatic N) is 2. The molecule has 0 spiro atoms. The number of halogens is 1. The minimum Gasteiger partial charge on any atom is -0.484 e. The highest BCUT2D eigenvalue weighted by molar-refractivity contribution is 6.32. The third-order valence-corrected chi connectivity index (χ3v) is 5.28. The molecule has 1 N–H and O–H groups in total. The maximum absolute atomic E-state index is 12.5. The predicted molar refractivity (Wildman–Crippen MR) is 126 cm³/mol. The normalized spacial score (nSPS) is 10.8. The quantitative estimate of drug-likeness (QED) is 0.349. The number of rotatable bonds is 8. The number of aromatic nitrogens is 2. The Balaban J connectivity index is 1.32. The van der Waals surface area contributed by atoms with Crippen LogP contribution < -0.4 is 14.8 Å². The maximum atomic E-state index is 12.5. The van der Waals surface area contributed by atoms with Gasteiger partial charge in [-0.3, -0.25) is 4.79 Å². The Morgan fingerprint density at radius 3 is 2.73 bits per heavy atom. The number of hydrogen-bond acceptors (Lipinski definition) is 5. The fourth-order valence-electron chi connectivity index (χ4n) is 3.31. The summed E-state index contributed by atoms with van der Waals surface area (Å²) >= 11 is 6.18. The number of carbonyl (C=O) groups excluding carboxylic acids is 1. The molecule has 33 heavy (non-hydrogen) atoms. The lowest BCUT2D eigenvalue weighted by Gasteiger charge is -2.09. The van der Waals surface area contributed by atoms with Crippen LogP contribution in [0, 0.1) is 20.8 Å². The van der Waals surface area contributed by atoms with Gasteiger partial charge >= 0.3 is 0 Å². The first-order valence-corrected chi connectivity index (χ1v) is 10.8. The van der Waals surface area contributed by atoms with Gasteiger partial charge in [0.25, 0.3) is 5.91 Å². The number of hydrogen-bond donors (Lipinski definition) is 1. The molecule has 0 unspecified atom stereocenters. The number of aryl methyl sites for hydroxylation is 3. The highest BCUT2D eigenvalue weighted by Gasteiger charge is 2.14. The van der Waals surface area contributed by atoms with Crippen LogP contribution in [0.5, 0.6) is 11.5 Å². The minimum absolute atomic E-state index is 0.158. The van der Waals surface area contributed by atoms with Crippen LogP contribution >= 0.6 is 11.6 Å². The van der Waals surface area contributed by atoms with E-state index < -0.39 is 0 Å². The molecule has 0 aliphatic rings. The summed E-state index contributed by atoms with van der Waals surface area (Å²) in [5.74, 6) is 1.68. The molecule has 4 aromatic rings. The van der Waals surface area contributed by atoms with E-state index in [1.165, 1.54) is 5.56 Å². The number of furan rings is 1. The second-order valence-corrected chi connectivity index (χ2v) is 8.11. The number of nitrogens with one attached hydrogen (secondary N) is 1. The average Bonchev–Trinajstić information content (AvgIpc) is 3.42.